The van der Waals surface area contributed by atoms with Gasteiger partial charge in [0.15, 0.2) is 0 Å². The Morgan fingerprint density at radius 2 is 2.16 bits per heavy atom. The minimum absolute atomic E-state index is 0.0909. The monoisotopic (exact) mass is 450 g/mol. The van der Waals surface area contributed by atoms with E-state index in [1.807, 2.05) is 51.3 Å². The molecule has 1 rings (SSSR count). The first-order chi connectivity index (χ1) is 11.7. The summed E-state index contributed by atoms with van der Waals surface area (Å²) in [7, 11) is 0. The Balaban J connectivity index is 2.62. The number of amides is 1. The van der Waals surface area contributed by atoms with Gasteiger partial charge in [0, 0.05) is 0 Å². The van der Waals surface area contributed by atoms with E-state index in [-0.39, 0.29) is 6.04 Å². The SMILES string of the molecule is CSCCC(CN=C([Se])Nc1cccc(Cl)c1)NC(=O)OC(C)(C)C. The third-order valence-electron chi connectivity index (χ3n) is 2.92. The molecule has 0 aromatic heterocycles. The summed E-state index contributed by atoms with van der Waals surface area (Å²) in [5, 5.41) is 6.69. The number of nitrogens with zero attached hydrogens (tertiary/aromatic N) is 1. The molecule has 0 spiro atoms. The molecule has 1 radical (unpaired) electrons. The van der Waals surface area contributed by atoms with E-state index in [1.165, 1.54) is 0 Å². The summed E-state index contributed by atoms with van der Waals surface area (Å²) in [4.78, 5) is 16.5. The van der Waals surface area contributed by atoms with E-state index in [9.17, 15) is 4.79 Å². The van der Waals surface area contributed by atoms with E-state index in [0.717, 1.165) is 17.9 Å². The van der Waals surface area contributed by atoms with Crippen LogP contribution in [-0.2, 0) is 4.74 Å². The van der Waals surface area contributed by atoms with Crippen LogP contribution in [0.15, 0.2) is 29.3 Å². The molecule has 1 atom stereocenters. The van der Waals surface area contributed by atoms with Gasteiger partial charge in [-0.15, -0.1) is 0 Å². The maximum atomic E-state index is 12.0. The van der Waals surface area contributed by atoms with Crippen LogP contribution < -0.4 is 10.6 Å². The second-order valence-corrected chi connectivity index (χ2v) is 8.64. The number of aliphatic imine (C=N–C) groups is 1. The third kappa shape index (κ3) is 10.6. The first-order valence-corrected chi connectivity index (χ1v) is 10.5. The van der Waals surface area contributed by atoms with Crippen LogP contribution in [0.2, 0.25) is 5.02 Å². The second-order valence-electron chi connectivity index (χ2n) is 6.41. The number of benzene rings is 1. The molecule has 2 N–H and O–H groups in total. The van der Waals surface area contributed by atoms with Gasteiger partial charge in [0.1, 0.15) is 0 Å². The van der Waals surface area contributed by atoms with Gasteiger partial charge in [-0.05, 0) is 0 Å². The van der Waals surface area contributed by atoms with Gasteiger partial charge in [0.2, 0.25) is 0 Å². The zero-order valence-corrected chi connectivity index (χ0v) is 18.3. The van der Waals surface area contributed by atoms with Crippen molar-refractivity contribution >= 4 is 55.9 Å². The van der Waals surface area contributed by atoms with Crippen molar-refractivity contribution in [2.75, 3.05) is 23.9 Å². The standard InChI is InChI=1S/C17H25ClN3O2SSe/c1-17(2,3)23-16(22)21-14(8-9-24-4)11-19-15(25)20-13-7-5-6-12(18)10-13/h5-7,10,14H,8-9,11H2,1-4H3,(H,19,20)(H,21,22). The van der Waals surface area contributed by atoms with Gasteiger partial charge in [0.05, 0.1) is 0 Å². The predicted octanol–water partition coefficient (Wildman–Crippen LogP) is 3.92. The van der Waals surface area contributed by atoms with Crippen molar-refractivity contribution < 1.29 is 9.53 Å². The van der Waals surface area contributed by atoms with E-state index in [4.69, 9.17) is 16.3 Å². The Kier molecular flexibility index (Phi) is 9.72. The number of hydrogen-bond acceptors (Lipinski definition) is 4. The molecule has 139 valence electrons. The van der Waals surface area contributed by atoms with E-state index in [0.29, 0.717) is 16.3 Å². The second kappa shape index (κ2) is 11.0. The first kappa shape index (κ1) is 22.2. The minimum atomic E-state index is -0.519. The van der Waals surface area contributed by atoms with Crippen molar-refractivity contribution in [3.05, 3.63) is 29.3 Å². The number of ether oxygens (including phenoxy) is 1. The van der Waals surface area contributed by atoms with E-state index < -0.39 is 11.7 Å². The summed E-state index contributed by atoms with van der Waals surface area (Å²) in [5.74, 6) is 0.931. The summed E-state index contributed by atoms with van der Waals surface area (Å²) < 4.78 is 5.96. The predicted molar refractivity (Wildman–Crippen MR) is 109 cm³/mol. The topological polar surface area (TPSA) is 62.7 Å². The number of hydrogen-bond donors (Lipinski definition) is 2. The number of alkyl carbamates (subject to hydrolysis) is 1. The molecule has 0 aliphatic carbocycles. The zero-order valence-electron chi connectivity index (χ0n) is 15.0. The van der Waals surface area contributed by atoms with Crippen LogP contribution >= 0.6 is 23.4 Å². The Morgan fingerprint density at radius 1 is 1.44 bits per heavy atom. The molecule has 0 heterocycles. The first-order valence-electron chi connectivity index (χ1n) is 7.92. The van der Waals surface area contributed by atoms with Gasteiger partial charge in [-0.1, -0.05) is 0 Å². The number of carbonyl (C=O) groups excluding carboxylic acids is 1. The molecule has 0 bridgehead atoms. The molecule has 1 amide bonds. The molecule has 1 aromatic rings. The molecule has 0 fully saturated rings. The quantitative estimate of drug-likeness (QED) is 0.376. The van der Waals surface area contributed by atoms with Crippen LogP contribution in [-0.4, -0.2) is 57.0 Å². The molecular formula is C17H25ClN3O2SSe. The molecule has 0 saturated carbocycles. The number of rotatable bonds is 7. The molecule has 0 saturated heterocycles. The summed E-state index contributed by atoms with van der Waals surface area (Å²) in [6, 6.07) is 7.31. The van der Waals surface area contributed by atoms with Crippen molar-refractivity contribution in [1.82, 2.24) is 5.32 Å². The number of halogens is 1. The Bertz CT molecular complexity index is 594. The number of nitrogens with one attached hydrogen (secondary N) is 2. The number of anilines is 1. The van der Waals surface area contributed by atoms with Crippen LogP contribution in [0, 0.1) is 0 Å². The van der Waals surface area contributed by atoms with Crippen molar-refractivity contribution in [3.63, 3.8) is 0 Å². The fraction of sp³-hybridized carbons (Fsp3) is 0.529. The normalized spacial score (nSPS) is 13.2. The summed E-state index contributed by atoms with van der Waals surface area (Å²) in [6.07, 6.45) is 2.43. The van der Waals surface area contributed by atoms with Crippen molar-refractivity contribution in [1.29, 1.82) is 0 Å². The molecule has 5 nitrogen and oxygen atoms in total. The van der Waals surface area contributed by atoms with E-state index >= 15 is 0 Å². The fourth-order valence-corrected chi connectivity index (χ4v) is 2.98. The summed E-state index contributed by atoms with van der Waals surface area (Å²) in [6.45, 7) is 5.98. The molecule has 8 heteroatoms. The number of thioether (sulfide) groups is 1. The van der Waals surface area contributed by atoms with Gasteiger partial charge in [-0.25, -0.2) is 0 Å². The van der Waals surface area contributed by atoms with E-state index in [1.54, 1.807) is 11.8 Å². The number of amidine groups is 1. The average Bonchev–Trinajstić information content (AvgIpc) is 2.48. The van der Waals surface area contributed by atoms with Crippen molar-refractivity contribution in [2.45, 2.75) is 38.8 Å². The van der Waals surface area contributed by atoms with Crippen LogP contribution in [0.4, 0.5) is 10.5 Å². The third-order valence-corrected chi connectivity index (χ3v) is 4.29. The molecule has 1 aromatic carbocycles. The van der Waals surface area contributed by atoms with Crippen LogP contribution in [0.25, 0.3) is 0 Å². The molecular weight excluding hydrogens is 425 g/mol. The van der Waals surface area contributed by atoms with Crippen LogP contribution in [0.1, 0.15) is 27.2 Å². The van der Waals surface area contributed by atoms with E-state index in [2.05, 4.69) is 31.6 Å². The van der Waals surface area contributed by atoms with Gasteiger partial charge >= 0.3 is 168 Å². The summed E-state index contributed by atoms with van der Waals surface area (Å²) >= 11 is 10.6. The van der Waals surface area contributed by atoms with Gasteiger partial charge < -0.3 is 0 Å². The van der Waals surface area contributed by atoms with Crippen molar-refractivity contribution in [3.8, 4) is 0 Å². The average molecular weight is 450 g/mol. The Morgan fingerprint density at radius 3 is 2.76 bits per heavy atom. The molecule has 25 heavy (non-hydrogen) atoms. The molecule has 1 unspecified atom stereocenters. The van der Waals surface area contributed by atoms with Crippen molar-refractivity contribution in [2.24, 2.45) is 4.99 Å². The zero-order chi connectivity index (χ0) is 18.9. The van der Waals surface area contributed by atoms with Crippen LogP contribution in [0.3, 0.4) is 0 Å². The Labute approximate surface area is 167 Å². The molecule has 0 aliphatic rings. The maximum absolute atomic E-state index is 12.0. The van der Waals surface area contributed by atoms with Gasteiger partial charge in [-0.2, -0.15) is 0 Å². The fourth-order valence-electron chi connectivity index (χ4n) is 1.87. The molecule has 0 aliphatic heterocycles. The van der Waals surface area contributed by atoms with Crippen LogP contribution in [0.5, 0.6) is 0 Å². The summed E-state index contributed by atoms with van der Waals surface area (Å²) in [5.41, 5.74) is 0.334. The number of carbonyl (C=O) groups is 1. The van der Waals surface area contributed by atoms with Gasteiger partial charge in [0.25, 0.3) is 0 Å². The van der Waals surface area contributed by atoms with Gasteiger partial charge in [-0.3, -0.25) is 0 Å². The Hall–Kier alpha value is -0.881.